The highest BCUT2D eigenvalue weighted by molar-refractivity contribution is 14.0. The van der Waals surface area contributed by atoms with Gasteiger partial charge in [-0.25, -0.2) is 9.98 Å². The minimum Gasteiger partial charge on any atom is -0.357 e. The highest BCUT2D eigenvalue weighted by Crippen LogP contribution is 2.25. The topological polar surface area (TPSA) is 40.5 Å². The molecule has 0 spiro atoms. The second-order valence-electron chi connectivity index (χ2n) is 7.26. The number of rotatable bonds is 3. The minimum atomic E-state index is 0. The van der Waals surface area contributed by atoms with Gasteiger partial charge >= 0.3 is 0 Å². The molecule has 1 aliphatic rings. The fraction of sp³-hybridized carbons (Fsp3) is 0.765. The van der Waals surface area contributed by atoms with E-state index in [9.17, 15) is 0 Å². The summed E-state index contributed by atoms with van der Waals surface area (Å²) in [6.45, 7) is 14.9. The molecule has 1 aromatic heterocycles. The molecule has 0 aliphatic carbocycles. The zero-order valence-electron chi connectivity index (χ0n) is 15.1. The van der Waals surface area contributed by atoms with Crippen LogP contribution in [0.25, 0.3) is 0 Å². The van der Waals surface area contributed by atoms with Gasteiger partial charge in [0.2, 0.25) is 0 Å². The van der Waals surface area contributed by atoms with Crippen molar-refractivity contribution < 1.29 is 0 Å². The summed E-state index contributed by atoms with van der Waals surface area (Å²) in [5.74, 6) is 1.80. The van der Waals surface area contributed by atoms with Gasteiger partial charge in [0, 0.05) is 30.4 Å². The van der Waals surface area contributed by atoms with Crippen molar-refractivity contribution in [3.8, 4) is 0 Å². The van der Waals surface area contributed by atoms with Crippen LogP contribution in [-0.2, 0) is 12.0 Å². The Morgan fingerprint density at radius 2 is 2.22 bits per heavy atom. The summed E-state index contributed by atoms with van der Waals surface area (Å²) in [5.41, 5.74) is 1.20. The molecule has 6 heteroatoms. The quantitative estimate of drug-likeness (QED) is 0.425. The van der Waals surface area contributed by atoms with Crippen molar-refractivity contribution in [2.24, 2.45) is 10.9 Å². The fourth-order valence-electron chi connectivity index (χ4n) is 2.69. The third-order valence-electron chi connectivity index (χ3n) is 3.88. The van der Waals surface area contributed by atoms with E-state index < -0.39 is 0 Å². The molecule has 1 atom stereocenters. The first-order chi connectivity index (χ1) is 10.4. The van der Waals surface area contributed by atoms with E-state index in [1.54, 1.807) is 11.3 Å². The highest BCUT2D eigenvalue weighted by Gasteiger charge is 2.20. The lowest BCUT2D eigenvalue weighted by molar-refractivity contribution is 0.266. The van der Waals surface area contributed by atoms with Crippen molar-refractivity contribution >= 4 is 41.3 Å². The van der Waals surface area contributed by atoms with Crippen LogP contribution in [0.3, 0.4) is 0 Å². The van der Waals surface area contributed by atoms with Crippen LogP contribution in [0, 0.1) is 5.92 Å². The second kappa shape index (κ2) is 9.20. The summed E-state index contributed by atoms with van der Waals surface area (Å²) < 4.78 is 0. The third kappa shape index (κ3) is 6.21. The molecule has 0 radical (unpaired) electrons. The molecule has 0 bridgehead atoms. The Labute approximate surface area is 162 Å². The molecule has 0 saturated carbocycles. The lowest BCUT2D eigenvalue weighted by Crippen LogP contribution is -2.46. The number of aromatic nitrogens is 1. The first-order valence-corrected chi connectivity index (χ1v) is 9.26. The number of guanidine groups is 1. The smallest absolute Gasteiger partial charge is 0.194 e. The zero-order chi connectivity index (χ0) is 16.2. The van der Waals surface area contributed by atoms with Gasteiger partial charge in [-0.15, -0.1) is 35.3 Å². The number of aliphatic imine (C=N–C) groups is 1. The second-order valence-corrected chi connectivity index (χ2v) is 8.12. The Morgan fingerprint density at radius 1 is 1.48 bits per heavy atom. The van der Waals surface area contributed by atoms with Crippen LogP contribution in [0.5, 0.6) is 0 Å². The van der Waals surface area contributed by atoms with E-state index in [1.807, 2.05) is 0 Å². The monoisotopic (exact) mass is 450 g/mol. The molecule has 0 aromatic carbocycles. The summed E-state index contributed by atoms with van der Waals surface area (Å²) in [6.07, 6.45) is 2.59. The van der Waals surface area contributed by atoms with Crippen molar-refractivity contribution in [1.29, 1.82) is 0 Å². The molecule has 1 aromatic rings. The summed E-state index contributed by atoms with van der Waals surface area (Å²) in [6, 6.07) is 0. The Hall–Kier alpha value is -0.370. The number of thiazole rings is 1. The Bertz CT molecular complexity index is 507. The predicted molar refractivity (Wildman–Crippen MR) is 111 cm³/mol. The maximum atomic E-state index is 4.81. The SMILES string of the molecule is CCNC(=NCc1csc(C(C)(C)C)n1)N1CCCC(C)C1.I. The van der Waals surface area contributed by atoms with Gasteiger partial charge in [-0.05, 0) is 25.7 Å². The number of nitrogens with one attached hydrogen (secondary N) is 1. The molecule has 1 unspecified atom stereocenters. The maximum absolute atomic E-state index is 4.81. The molecular weight excluding hydrogens is 419 g/mol. The molecule has 2 heterocycles. The van der Waals surface area contributed by atoms with E-state index in [2.05, 4.69) is 50.2 Å². The van der Waals surface area contributed by atoms with E-state index in [-0.39, 0.29) is 29.4 Å². The highest BCUT2D eigenvalue weighted by atomic mass is 127. The lowest BCUT2D eigenvalue weighted by Gasteiger charge is -2.33. The normalized spacial score (nSPS) is 19.4. The van der Waals surface area contributed by atoms with Crippen LogP contribution < -0.4 is 5.32 Å². The summed E-state index contributed by atoms with van der Waals surface area (Å²) >= 11 is 1.74. The first-order valence-electron chi connectivity index (χ1n) is 8.38. The van der Waals surface area contributed by atoms with Crippen molar-refractivity contribution in [2.45, 2.75) is 59.4 Å². The van der Waals surface area contributed by atoms with Gasteiger partial charge in [0.15, 0.2) is 5.96 Å². The molecule has 1 aliphatic heterocycles. The fourth-order valence-corrected chi connectivity index (χ4v) is 3.59. The number of halogens is 1. The Kier molecular flexibility index (Phi) is 8.27. The minimum absolute atomic E-state index is 0. The predicted octanol–water partition coefficient (Wildman–Crippen LogP) is 4.26. The van der Waals surface area contributed by atoms with E-state index in [0.29, 0.717) is 6.54 Å². The number of nitrogens with zero attached hydrogens (tertiary/aromatic N) is 3. The molecule has 2 rings (SSSR count). The van der Waals surface area contributed by atoms with Gasteiger partial charge in [0.25, 0.3) is 0 Å². The van der Waals surface area contributed by atoms with Gasteiger partial charge in [-0.3, -0.25) is 0 Å². The van der Waals surface area contributed by atoms with E-state index in [0.717, 1.165) is 37.2 Å². The molecule has 1 saturated heterocycles. The van der Waals surface area contributed by atoms with Crippen molar-refractivity contribution in [3.05, 3.63) is 16.1 Å². The van der Waals surface area contributed by atoms with Gasteiger partial charge in [0.1, 0.15) is 0 Å². The van der Waals surface area contributed by atoms with Crippen LogP contribution in [0.1, 0.15) is 58.2 Å². The van der Waals surface area contributed by atoms with Gasteiger partial charge in [-0.2, -0.15) is 0 Å². The van der Waals surface area contributed by atoms with E-state index in [4.69, 9.17) is 9.98 Å². The van der Waals surface area contributed by atoms with Crippen LogP contribution >= 0.6 is 35.3 Å². The van der Waals surface area contributed by atoms with Crippen LogP contribution in [0.2, 0.25) is 0 Å². The van der Waals surface area contributed by atoms with E-state index >= 15 is 0 Å². The van der Waals surface area contributed by atoms with Crippen LogP contribution in [-0.4, -0.2) is 35.5 Å². The van der Waals surface area contributed by atoms with Gasteiger partial charge in [0.05, 0.1) is 17.2 Å². The number of hydrogen-bond acceptors (Lipinski definition) is 3. The van der Waals surface area contributed by atoms with Crippen molar-refractivity contribution in [3.63, 3.8) is 0 Å². The average molecular weight is 450 g/mol. The van der Waals surface area contributed by atoms with E-state index in [1.165, 1.54) is 17.8 Å². The molecule has 23 heavy (non-hydrogen) atoms. The number of likely N-dealkylation sites (tertiary alicyclic amines) is 1. The molecular formula is C17H31IN4S. The number of hydrogen-bond donors (Lipinski definition) is 1. The van der Waals surface area contributed by atoms with Gasteiger partial charge < -0.3 is 10.2 Å². The molecule has 4 nitrogen and oxygen atoms in total. The van der Waals surface area contributed by atoms with Crippen molar-refractivity contribution in [2.75, 3.05) is 19.6 Å². The Morgan fingerprint density at radius 3 is 2.78 bits per heavy atom. The third-order valence-corrected chi connectivity index (χ3v) is 5.19. The largest absolute Gasteiger partial charge is 0.357 e. The summed E-state index contributed by atoms with van der Waals surface area (Å²) in [7, 11) is 0. The maximum Gasteiger partial charge on any atom is 0.194 e. The van der Waals surface area contributed by atoms with Crippen molar-refractivity contribution in [1.82, 2.24) is 15.2 Å². The standard InChI is InChI=1S/C17H30N4S.HI/c1-6-18-16(21-9-7-8-13(2)11-21)19-10-14-12-22-15(20-14)17(3,4)5;/h12-13H,6-11H2,1-5H3,(H,18,19);1H. The number of piperidine rings is 1. The molecule has 1 fully saturated rings. The summed E-state index contributed by atoms with van der Waals surface area (Å²) in [4.78, 5) is 11.9. The van der Waals surface area contributed by atoms with Crippen LogP contribution in [0.15, 0.2) is 10.4 Å². The van der Waals surface area contributed by atoms with Crippen LogP contribution in [0.4, 0.5) is 0 Å². The molecule has 1 N–H and O–H groups in total. The lowest BCUT2D eigenvalue weighted by atomic mass is 9.98. The first kappa shape index (κ1) is 20.7. The molecule has 132 valence electrons. The van der Waals surface area contributed by atoms with Gasteiger partial charge in [-0.1, -0.05) is 27.7 Å². The average Bonchev–Trinajstić information content (AvgIpc) is 2.92. The molecule has 0 amide bonds. The summed E-state index contributed by atoms with van der Waals surface area (Å²) in [5, 5.41) is 6.77. The zero-order valence-corrected chi connectivity index (χ0v) is 18.2. The Balaban J connectivity index is 0.00000264.